The van der Waals surface area contributed by atoms with Gasteiger partial charge >= 0.3 is 0 Å². The summed E-state index contributed by atoms with van der Waals surface area (Å²) in [6.45, 7) is 2.67. The van der Waals surface area contributed by atoms with Gasteiger partial charge in [0.05, 0.1) is 27.6 Å². The highest BCUT2D eigenvalue weighted by Crippen LogP contribution is 2.52. The summed E-state index contributed by atoms with van der Waals surface area (Å²) in [5.74, 6) is 1.65. The molecule has 1 aliphatic carbocycles. The molecule has 4 nitrogen and oxygen atoms in total. The third-order valence-electron chi connectivity index (χ3n) is 7.61. The lowest BCUT2D eigenvalue weighted by Gasteiger charge is -2.42. The molecule has 0 saturated carbocycles. The van der Waals surface area contributed by atoms with Gasteiger partial charge < -0.3 is 18.9 Å². The fourth-order valence-corrected chi connectivity index (χ4v) is 6.60. The highest BCUT2D eigenvalue weighted by molar-refractivity contribution is 9.10. The second kappa shape index (κ2) is 9.83. The number of benzene rings is 4. The number of epoxide rings is 2. The quantitative estimate of drug-likeness (QED) is 0.172. The van der Waals surface area contributed by atoms with Crippen LogP contribution in [0.1, 0.15) is 33.4 Å². The molecule has 0 bridgehead atoms. The van der Waals surface area contributed by atoms with E-state index in [4.69, 9.17) is 18.9 Å². The minimum absolute atomic E-state index is 0.203. The van der Waals surface area contributed by atoms with E-state index in [0.717, 1.165) is 40.1 Å². The van der Waals surface area contributed by atoms with Crippen molar-refractivity contribution in [3.8, 4) is 11.5 Å². The molecule has 2 saturated heterocycles. The topological polar surface area (TPSA) is 43.5 Å². The van der Waals surface area contributed by atoms with Gasteiger partial charge in [-0.15, -0.1) is 0 Å². The minimum Gasteiger partial charge on any atom is -0.490 e. The molecule has 6 heteroatoms. The molecule has 0 N–H and O–H groups in total. The van der Waals surface area contributed by atoms with E-state index in [0.29, 0.717) is 13.2 Å². The number of halogens is 2. The molecule has 2 fully saturated rings. The van der Waals surface area contributed by atoms with E-state index >= 15 is 0 Å². The van der Waals surface area contributed by atoms with Gasteiger partial charge in [0.15, 0.2) is 0 Å². The van der Waals surface area contributed by atoms with Crippen molar-refractivity contribution in [1.82, 2.24) is 0 Å². The van der Waals surface area contributed by atoms with Crippen LogP contribution in [0.5, 0.6) is 11.5 Å². The van der Waals surface area contributed by atoms with Gasteiger partial charge in [0.25, 0.3) is 0 Å². The maximum atomic E-state index is 6.06. The van der Waals surface area contributed by atoms with E-state index in [9.17, 15) is 0 Å². The summed E-state index contributed by atoms with van der Waals surface area (Å²) in [7, 11) is 0. The van der Waals surface area contributed by atoms with Crippen LogP contribution in [0.25, 0.3) is 0 Å². The fourth-order valence-electron chi connectivity index (χ4n) is 5.62. The van der Waals surface area contributed by atoms with Gasteiger partial charge in [-0.3, -0.25) is 0 Å². The SMILES string of the molecule is Brc1cc(C2(c3ccc(OCC4CO4)c(Br)c3)c3ccccc3Cc3ccccc32)ccc1OCC1CO1. The first-order valence-corrected chi connectivity index (χ1v) is 14.5. The van der Waals surface area contributed by atoms with Gasteiger partial charge in [0, 0.05) is 0 Å². The lowest BCUT2D eigenvalue weighted by Crippen LogP contribution is -2.36. The Labute approximate surface area is 239 Å². The van der Waals surface area contributed by atoms with Gasteiger partial charge in [0.2, 0.25) is 0 Å². The van der Waals surface area contributed by atoms with E-state index in [2.05, 4.69) is 117 Å². The Kier molecular flexibility index (Phi) is 6.31. The Morgan fingerprint density at radius 3 is 1.53 bits per heavy atom. The van der Waals surface area contributed by atoms with E-state index in [1.54, 1.807) is 0 Å². The van der Waals surface area contributed by atoms with Crippen LogP contribution in [0.4, 0.5) is 0 Å². The number of fused-ring (bicyclic) bond motifs is 2. The average molecular weight is 634 g/mol. The van der Waals surface area contributed by atoms with Crippen molar-refractivity contribution < 1.29 is 18.9 Å². The van der Waals surface area contributed by atoms with Gasteiger partial charge in [-0.2, -0.15) is 0 Å². The maximum Gasteiger partial charge on any atom is 0.133 e. The van der Waals surface area contributed by atoms with Gasteiger partial charge in [0.1, 0.15) is 36.9 Å². The molecular formula is C32H26Br2O4. The van der Waals surface area contributed by atoms with E-state index < -0.39 is 5.41 Å². The largest absolute Gasteiger partial charge is 0.490 e. The predicted octanol–water partition coefficient (Wildman–Crippen LogP) is 7.05. The molecular weight excluding hydrogens is 608 g/mol. The summed E-state index contributed by atoms with van der Waals surface area (Å²) < 4.78 is 24.6. The Morgan fingerprint density at radius 1 is 0.658 bits per heavy atom. The van der Waals surface area contributed by atoms with Crippen LogP contribution in [0.15, 0.2) is 93.9 Å². The molecule has 4 aromatic carbocycles. The first kappa shape index (κ1) is 24.4. The van der Waals surface area contributed by atoms with E-state index in [1.807, 2.05) is 0 Å². The zero-order valence-electron chi connectivity index (χ0n) is 20.7. The summed E-state index contributed by atoms with van der Waals surface area (Å²) in [6.07, 6.45) is 1.31. The Hall–Kier alpha value is -2.64. The van der Waals surface area contributed by atoms with Crippen LogP contribution < -0.4 is 9.47 Å². The fraction of sp³-hybridized carbons (Fsp3) is 0.250. The lowest BCUT2D eigenvalue weighted by atomic mass is 9.60. The molecule has 192 valence electrons. The van der Waals surface area contributed by atoms with Crippen molar-refractivity contribution in [3.05, 3.63) is 127 Å². The number of ether oxygens (including phenoxy) is 4. The molecule has 2 aliphatic heterocycles. The third kappa shape index (κ3) is 4.37. The summed E-state index contributed by atoms with van der Waals surface area (Å²) >= 11 is 7.64. The predicted molar refractivity (Wildman–Crippen MR) is 153 cm³/mol. The molecule has 4 aromatic rings. The second-order valence-corrected chi connectivity index (χ2v) is 11.8. The van der Waals surface area contributed by atoms with Crippen LogP contribution >= 0.6 is 31.9 Å². The van der Waals surface area contributed by atoms with E-state index in [-0.39, 0.29) is 12.2 Å². The third-order valence-corrected chi connectivity index (χ3v) is 8.85. The van der Waals surface area contributed by atoms with Crippen LogP contribution in [0, 0.1) is 0 Å². The van der Waals surface area contributed by atoms with Gasteiger partial charge in [-0.25, -0.2) is 0 Å². The zero-order chi connectivity index (χ0) is 25.7. The number of rotatable bonds is 8. The average Bonchev–Trinajstić information content (AvgIpc) is 3.86. The van der Waals surface area contributed by atoms with Crippen molar-refractivity contribution in [2.45, 2.75) is 24.0 Å². The van der Waals surface area contributed by atoms with Gasteiger partial charge in [-0.1, -0.05) is 60.7 Å². The van der Waals surface area contributed by atoms with Crippen LogP contribution in [-0.2, 0) is 21.3 Å². The van der Waals surface area contributed by atoms with Crippen molar-refractivity contribution in [2.24, 2.45) is 0 Å². The molecule has 3 aliphatic rings. The normalized spacial score (nSPS) is 20.3. The highest BCUT2D eigenvalue weighted by Gasteiger charge is 2.44. The molecule has 38 heavy (non-hydrogen) atoms. The van der Waals surface area contributed by atoms with Gasteiger partial charge in [-0.05, 0) is 95.9 Å². The van der Waals surface area contributed by atoms with Crippen LogP contribution in [0.3, 0.4) is 0 Å². The Morgan fingerprint density at radius 2 is 1.11 bits per heavy atom. The van der Waals surface area contributed by atoms with Crippen molar-refractivity contribution in [1.29, 1.82) is 0 Å². The summed E-state index contributed by atoms with van der Waals surface area (Å²) in [6, 6.07) is 30.6. The highest BCUT2D eigenvalue weighted by atomic mass is 79.9. The van der Waals surface area contributed by atoms with Crippen molar-refractivity contribution in [2.75, 3.05) is 26.4 Å². The number of hydrogen-bond acceptors (Lipinski definition) is 4. The Balaban J connectivity index is 1.42. The molecule has 7 rings (SSSR count). The summed E-state index contributed by atoms with van der Waals surface area (Å²) in [5, 5.41) is 0. The molecule has 2 unspecified atom stereocenters. The monoisotopic (exact) mass is 632 g/mol. The lowest BCUT2D eigenvalue weighted by molar-refractivity contribution is 0.261. The molecule has 0 amide bonds. The molecule has 0 radical (unpaired) electrons. The molecule has 0 spiro atoms. The second-order valence-electron chi connectivity index (χ2n) is 10.1. The first-order valence-electron chi connectivity index (χ1n) is 12.9. The Bertz CT molecular complexity index is 1400. The standard InChI is InChI=1S/C32H26Br2O4/c33-28-14-22(9-11-30(28)37-18-24-16-35-24)32(23-10-12-31(29(34)15-23)38-19-25-17-36-25)26-7-3-1-5-20(26)13-21-6-2-4-8-27(21)32/h1-12,14-15,24-25H,13,16-19H2. The maximum absolute atomic E-state index is 6.06. The first-order chi connectivity index (χ1) is 18.6. The molecule has 0 aromatic heterocycles. The van der Waals surface area contributed by atoms with Crippen LogP contribution in [0.2, 0.25) is 0 Å². The van der Waals surface area contributed by atoms with Crippen LogP contribution in [-0.4, -0.2) is 38.6 Å². The summed E-state index contributed by atoms with van der Waals surface area (Å²) in [4.78, 5) is 0. The summed E-state index contributed by atoms with van der Waals surface area (Å²) in [5.41, 5.74) is 7.06. The zero-order valence-corrected chi connectivity index (χ0v) is 23.8. The van der Waals surface area contributed by atoms with Crippen molar-refractivity contribution in [3.63, 3.8) is 0 Å². The smallest absolute Gasteiger partial charge is 0.133 e. The number of hydrogen-bond donors (Lipinski definition) is 0. The van der Waals surface area contributed by atoms with E-state index in [1.165, 1.54) is 33.4 Å². The molecule has 2 heterocycles. The molecule has 2 atom stereocenters. The van der Waals surface area contributed by atoms with Crippen molar-refractivity contribution >= 4 is 31.9 Å². The minimum atomic E-state index is -0.521.